The molecule has 268 valence electrons. The second-order valence-corrected chi connectivity index (χ2v) is 17.3. The van der Waals surface area contributed by atoms with Crippen molar-refractivity contribution in [3.8, 4) is 5.82 Å². The minimum absolute atomic E-state index is 0. The molecule has 0 radical (unpaired) electrons. The second-order valence-electron chi connectivity index (χ2n) is 16.2. The van der Waals surface area contributed by atoms with Gasteiger partial charge in [0.1, 0.15) is 5.82 Å². The van der Waals surface area contributed by atoms with Crippen molar-refractivity contribution in [1.82, 2.24) is 9.55 Å². The molecular formula is C45H49N4PtS-3. The van der Waals surface area contributed by atoms with Crippen LogP contribution in [-0.4, -0.2) is 16.2 Å². The molecule has 4 nitrogen and oxygen atoms in total. The van der Waals surface area contributed by atoms with Gasteiger partial charge in [0.25, 0.3) is 0 Å². The fraction of sp³-hybridized carbons (Fsp3) is 0.289. The van der Waals surface area contributed by atoms with Crippen LogP contribution in [0.5, 0.6) is 0 Å². The quantitative estimate of drug-likeness (QED) is 0.161. The van der Waals surface area contributed by atoms with Crippen LogP contribution in [0.15, 0.2) is 113 Å². The summed E-state index contributed by atoms with van der Waals surface area (Å²) < 4.78 is 2.26. The Morgan fingerprint density at radius 1 is 0.627 bits per heavy atom. The average molecular weight is 873 g/mol. The second kappa shape index (κ2) is 14.3. The standard InChI is InChI=1S/C44H46N4S.CH3.Pt/c1-42(2,3)30-19-20-45-41(26-30)48-39-16-11-10-15-37(39)38-18-17-36(28-40(38)48)49-35-14-12-13-33(27-35)46-21-22-47(29-46)34-24-31(43(4,5)6)23-32(25-34)44(7,8)9;;/h10-26H,29H2,1-9H3;1H3;/q-2;-1;. The van der Waals surface area contributed by atoms with E-state index in [1.165, 1.54) is 33.2 Å². The van der Waals surface area contributed by atoms with E-state index in [1.54, 1.807) is 11.8 Å². The molecule has 0 saturated heterocycles. The van der Waals surface area contributed by atoms with Crippen LogP contribution in [0.25, 0.3) is 27.6 Å². The van der Waals surface area contributed by atoms with E-state index < -0.39 is 0 Å². The summed E-state index contributed by atoms with van der Waals surface area (Å²) in [6, 6.07) is 38.2. The molecule has 51 heavy (non-hydrogen) atoms. The van der Waals surface area contributed by atoms with Crippen molar-refractivity contribution >= 4 is 44.9 Å². The molecule has 0 aliphatic carbocycles. The van der Waals surface area contributed by atoms with E-state index in [2.05, 4.69) is 186 Å². The van der Waals surface area contributed by atoms with E-state index in [4.69, 9.17) is 4.98 Å². The summed E-state index contributed by atoms with van der Waals surface area (Å²) in [5.74, 6) is 0.915. The van der Waals surface area contributed by atoms with Crippen LogP contribution in [0, 0.1) is 19.6 Å². The van der Waals surface area contributed by atoms with Gasteiger partial charge in [-0.2, -0.15) is 24.3 Å². The Balaban J connectivity index is 0.00000252. The Labute approximate surface area is 324 Å². The zero-order chi connectivity index (χ0) is 34.7. The molecule has 0 bridgehead atoms. The number of hydrogen-bond donors (Lipinski definition) is 0. The summed E-state index contributed by atoms with van der Waals surface area (Å²) in [7, 11) is 0. The maximum Gasteiger partial charge on any atom is 0.135 e. The Morgan fingerprint density at radius 2 is 1.27 bits per heavy atom. The molecule has 0 N–H and O–H groups in total. The summed E-state index contributed by atoms with van der Waals surface area (Å²) >= 11 is 1.69. The third-order valence-corrected chi connectivity index (χ3v) is 10.3. The van der Waals surface area contributed by atoms with Crippen molar-refractivity contribution in [2.24, 2.45) is 0 Å². The molecule has 6 heteroatoms. The van der Waals surface area contributed by atoms with Crippen molar-refractivity contribution in [2.75, 3.05) is 16.5 Å². The smallest absolute Gasteiger partial charge is 0.135 e. The summed E-state index contributed by atoms with van der Waals surface area (Å²) in [5, 5.41) is 2.38. The summed E-state index contributed by atoms with van der Waals surface area (Å²) in [5.41, 5.74) is 8.57. The topological polar surface area (TPSA) is 24.3 Å². The molecule has 0 spiro atoms. The summed E-state index contributed by atoms with van der Waals surface area (Å²) in [4.78, 5) is 11.5. The Morgan fingerprint density at radius 3 is 1.96 bits per heavy atom. The fourth-order valence-corrected chi connectivity index (χ4v) is 7.17. The maximum atomic E-state index is 4.84. The molecule has 0 amide bonds. The van der Waals surface area contributed by atoms with E-state index in [0.717, 1.165) is 39.0 Å². The van der Waals surface area contributed by atoms with Crippen LogP contribution in [-0.2, 0) is 37.3 Å². The van der Waals surface area contributed by atoms with E-state index in [-0.39, 0.29) is 44.7 Å². The molecule has 1 aliphatic rings. The SMILES string of the molecule is CC(C)(C)c1cc(N2C=CN(c3[c-]c(Sc4[c-]c5c(cc4)c4ccccc4n5-c4cc(C(C)(C)C)ccn4)ccc3)C2)cc(C(C)(C)C)c1.[CH3-].[Pt]. The molecule has 3 heterocycles. The predicted molar refractivity (Wildman–Crippen MR) is 215 cm³/mol. The van der Waals surface area contributed by atoms with Crippen LogP contribution in [0.2, 0.25) is 0 Å². The first kappa shape index (κ1) is 38.4. The molecular weight excluding hydrogens is 824 g/mol. The van der Waals surface area contributed by atoms with E-state index in [1.807, 2.05) is 6.20 Å². The van der Waals surface area contributed by atoms with E-state index >= 15 is 0 Å². The van der Waals surface area contributed by atoms with Gasteiger partial charge in [0.15, 0.2) is 0 Å². The third kappa shape index (κ3) is 7.86. The monoisotopic (exact) mass is 872 g/mol. The van der Waals surface area contributed by atoms with Crippen molar-refractivity contribution in [3.63, 3.8) is 0 Å². The Kier molecular flexibility index (Phi) is 10.8. The number of hydrogen-bond acceptors (Lipinski definition) is 4. The number of rotatable bonds is 5. The Hall–Kier alpha value is -3.79. The van der Waals surface area contributed by atoms with E-state index in [0.29, 0.717) is 0 Å². The minimum atomic E-state index is 0. The van der Waals surface area contributed by atoms with Gasteiger partial charge in [-0.25, -0.2) is 4.98 Å². The number of nitrogens with zero attached hydrogens (tertiary/aromatic N) is 4. The van der Waals surface area contributed by atoms with Crippen molar-refractivity contribution in [3.05, 3.63) is 140 Å². The number of benzene rings is 4. The molecule has 0 saturated carbocycles. The van der Waals surface area contributed by atoms with Gasteiger partial charge in [0.2, 0.25) is 0 Å². The van der Waals surface area contributed by atoms with E-state index in [9.17, 15) is 0 Å². The molecule has 2 aromatic heterocycles. The predicted octanol–water partition coefficient (Wildman–Crippen LogP) is 12.0. The first-order valence-electron chi connectivity index (χ1n) is 17.2. The van der Waals surface area contributed by atoms with Gasteiger partial charge < -0.3 is 21.8 Å². The third-order valence-electron chi connectivity index (χ3n) is 9.39. The molecule has 1 aliphatic heterocycles. The molecule has 6 aromatic rings. The maximum absolute atomic E-state index is 4.84. The van der Waals surface area contributed by atoms with Gasteiger partial charge in [0, 0.05) is 50.9 Å². The number of aromatic nitrogens is 2. The first-order valence-corrected chi connectivity index (χ1v) is 18.0. The summed E-state index contributed by atoms with van der Waals surface area (Å²) in [6.07, 6.45) is 6.27. The van der Waals surface area contributed by atoms with Crippen LogP contribution < -0.4 is 9.80 Å². The largest absolute Gasteiger partial charge is 0.358 e. The van der Waals surface area contributed by atoms with Crippen LogP contribution >= 0.6 is 11.8 Å². The van der Waals surface area contributed by atoms with Crippen molar-refractivity contribution in [2.45, 2.75) is 88.3 Å². The van der Waals surface area contributed by atoms with Gasteiger partial charge in [0.05, 0.1) is 6.67 Å². The zero-order valence-corrected chi connectivity index (χ0v) is 34.6. The number of fused-ring (bicyclic) bond motifs is 3. The fourth-order valence-electron chi connectivity index (χ4n) is 6.35. The summed E-state index contributed by atoms with van der Waals surface area (Å²) in [6.45, 7) is 21.2. The molecule has 0 unspecified atom stereocenters. The first-order chi connectivity index (χ1) is 23.1. The Bertz CT molecular complexity index is 2180. The molecule has 7 rings (SSSR count). The van der Waals surface area contributed by atoms with Crippen LogP contribution in [0.3, 0.4) is 0 Å². The minimum Gasteiger partial charge on any atom is -0.358 e. The molecule has 0 atom stereocenters. The van der Waals surface area contributed by atoms with Crippen molar-refractivity contribution in [1.29, 1.82) is 0 Å². The van der Waals surface area contributed by atoms with Crippen LogP contribution in [0.1, 0.15) is 79.0 Å². The molecule has 0 fully saturated rings. The van der Waals surface area contributed by atoms with Gasteiger partial charge in [-0.05, 0) is 68.7 Å². The van der Waals surface area contributed by atoms with Gasteiger partial charge in [-0.3, -0.25) is 0 Å². The average Bonchev–Trinajstić information content (AvgIpc) is 3.67. The van der Waals surface area contributed by atoms with Gasteiger partial charge >= 0.3 is 0 Å². The van der Waals surface area contributed by atoms with Crippen LogP contribution in [0.4, 0.5) is 11.4 Å². The molecule has 4 aromatic carbocycles. The number of para-hydroxylation sites is 1. The number of pyridine rings is 1. The zero-order valence-electron chi connectivity index (χ0n) is 31.5. The normalized spacial score (nSPS) is 13.5. The van der Waals surface area contributed by atoms with Gasteiger partial charge in [-0.15, -0.1) is 45.1 Å². The van der Waals surface area contributed by atoms with Crippen molar-refractivity contribution < 1.29 is 21.1 Å². The number of anilines is 2. The van der Waals surface area contributed by atoms with Gasteiger partial charge in [-0.1, -0.05) is 97.8 Å².